The molecule has 240 valence electrons. The standard InChI is InChI=1S/C35H37N9O3/c1-21(2)34(46)42-16-12-24(13-17-42)29-19-27(31-32(37)39-20-40-44(29)31)23-7-9-26(10-8-23)41-33(45)28-18-25(11-14-36)22(3)43(35(28)47)30-6-4-5-15-38-30/h4-10,14-15,18-21,24,36H,11-13,16-17H2,1-3H3,(H,41,45)(H2,37,39,40). The molecule has 0 saturated carbocycles. The van der Waals surface area contributed by atoms with E-state index in [4.69, 9.17) is 11.1 Å². The molecule has 0 spiro atoms. The zero-order valence-electron chi connectivity index (χ0n) is 26.6. The molecule has 1 saturated heterocycles. The summed E-state index contributed by atoms with van der Waals surface area (Å²) in [5, 5.41) is 15.0. The highest BCUT2D eigenvalue weighted by Gasteiger charge is 2.28. The largest absolute Gasteiger partial charge is 0.382 e. The summed E-state index contributed by atoms with van der Waals surface area (Å²) in [5.74, 6) is 0.542. The Hall–Kier alpha value is -5.65. The smallest absolute Gasteiger partial charge is 0.269 e. The number of carbonyl (C=O) groups is 2. The number of carbonyl (C=O) groups excluding carboxylic acids is 2. The number of anilines is 2. The first-order chi connectivity index (χ1) is 22.7. The number of hydrogen-bond donors (Lipinski definition) is 3. The molecule has 5 heterocycles. The summed E-state index contributed by atoms with van der Waals surface area (Å²) in [4.78, 5) is 50.1. The normalized spacial score (nSPS) is 13.7. The van der Waals surface area contributed by atoms with Gasteiger partial charge < -0.3 is 21.4 Å². The SMILES string of the molecule is Cc1c(CC=N)cc(C(=O)Nc2ccc(-c3cc(C4CCN(C(=O)C(C)C)CC4)n4ncnc(N)c34)cc2)c(=O)n1-c1ccccn1. The summed E-state index contributed by atoms with van der Waals surface area (Å²) >= 11 is 0. The van der Waals surface area contributed by atoms with Gasteiger partial charge in [-0.05, 0) is 73.5 Å². The fourth-order valence-corrected chi connectivity index (χ4v) is 6.29. The minimum absolute atomic E-state index is 0.0281. The van der Waals surface area contributed by atoms with Crippen LogP contribution >= 0.6 is 0 Å². The van der Waals surface area contributed by atoms with Gasteiger partial charge in [-0.1, -0.05) is 32.0 Å². The van der Waals surface area contributed by atoms with Crippen molar-refractivity contribution in [2.75, 3.05) is 24.1 Å². The number of rotatable bonds is 8. The molecule has 4 N–H and O–H groups in total. The summed E-state index contributed by atoms with van der Waals surface area (Å²) < 4.78 is 3.26. The first-order valence-electron chi connectivity index (χ1n) is 15.7. The van der Waals surface area contributed by atoms with Crippen LogP contribution < -0.4 is 16.6 Å². The van der Waals surface area contributed by atoms with Crippen molar-refractivity contribution >= 4 is 35.1 Å². The number of likely N-dealkylation sites (tertiary alicyclic amines) is 1. The van der Waals surface area contributed by atoms with Gasteiger partial charge in [-0.3, -0.25) is 19.0 Å². The van der Waals surface area contributed by atoms with Crippen LogP contribution in [0.4, 0.5) is 11.5 Å². The van der Waals surface area contributed by atoms with E-state index in [0.717, 1.165) is 29.7 Å². The summed E-state index contributed by atoms with van der Waals surface area (Å²) in [5.41, 5.74) is 11.1. The van der Waals surface area contributed by atoms with Gasteiger partial charge in [-0.2, -0.15) is 5.10 Å². The average Bonchev–Trinajstić information content (AvgIpc) is 3.47. The topological polar surface area (TPSA) is 164 Å². The number of fused-ring (bicyclic) bond motifs is 1. The number of nitrogens with two attached hydrogens (primary N) is 1. The molecule has 1 aliphatic rings. The lowest BCUT2D eigenvalue weighted by Gasteiger charge is -2.33. The van der Waals surface area contributed by atoms with Gasteiger partial charge in [0.2, 0.25) is 5.91 Å². The van der Waals surface area contributed by atoms with E-state index in [2.05, 4.69) is 26.4 Å². The number of nitrogens with one attached hydrogen (secondary N) is 2. The lowest BCUT2D eigenvalue weighted by Crippen LogP contribution is -2.40. The Labute approximate surface area is 271 Å². The van der Waals surface area contributed by atoms with E-state index < -0.39 is 11.5 Å². The zero-order valence-corrected chi connectivity index (χ0v) is 26.6. The summed E-state index contributed by atoms with van der Waals surface area (Å²) in [6.07, 6.45) is 6.18. The molecule has 1 aliphatic heterocycles. The van der Waals surface area contributed by atoms with Crippen LogP contribution in [0, 0.1) is 18.3 Å². The molecular formula is C35H37N9O3. The van der Waals surface area contributed by atoms with Crippen molar-refractivity contribution in [1.29, 1.82) is 5.41 Å². The van der Waals surface area contributed by atoms with Crippen LogP contribution in [0.2, 0.25) is 0 Å². The highest BCUT2D eigenvalue weighted by molar-refractivity contribution is 6.04. The highest BCUT2D eigenvalue weighted by Crippen LogP contribution is 2.37. The summed E-state index contributed by atoms with van der Waals surface area (Å²) in [7, 11) is 0. The number of benzene rings is 1. The molecule has 47 heavy (non-hydrogen) atoms. The first-order valence-corrected chi connectivity index (χ1v) is 15.7. The number of aromatic nitrogens is 5. The summed E-state index contributed by atoms with van der Waals surface area (Å²) in [6, 6.07) is 16.2. The van der Waals surface area contributed by atoms with Gasteiger partial charge in [-0.15, -0.1) is 0 Å². The minimum atomic E-state index is -0.560. The van der Waals surface area contributed by atoms with Crippen molar-refractivity contribution in [2.45, 2.75) is 46.0 Å². The van der Waals surface area contributed by atoms with Crippen LogP contribution in [0.15, 0.2) is 71.9 Å². The van der Waals surface area contributed by atoms with Crippen LogP contribution in [-0.4, -0.2) is 60.2 Å². The Kier molecular flexibility index (Phi) is 8.66. The van der Waals surface area contributed by atoms with Crippen LogP contribution in [0.5, 0.6) is 0 Å². The molecule has 0 radical (unpaired) electrons. The molecular weight excluding hydrogens is 594 g/mol. The van der Waals surface area contributed by atoms with Gasteiger partial charge in [0.15, 0.2) is 5.82 Å². The van der Waals surface area contributed by atoms with Crippen molar-refractivity contribution in [2.24, 2.45) is 5.92 Å². The maximum absolute atomic E-state index is 13.5. The van der Waals surface area contributed by atoms with E-state index >= 15 is 0 Å². The highest BCUT2D eigenvalue weighted by atomic mass is 16.2. The molecule has 0 unspecified atom stereocenters. The Balaban J connectivity index is 1.28. The molecule has 0 aliphatic carbocycles. The minimum Gasteiger partial charge on any atom is -0.382 e. The van der Waals surface area contributed by atoms with Gasteiger partial charge in [0.1, 0.15) is 23.2 Å². The maximum Gasteiger partial charge on any atom is 0.269 e. The number of hydrogen-bond acceptors (Lipinski definition) is 8. The molecule has 0 bridgehead atoms. The molecule has 6 rings (SSSR count). The number of nitrogens with zero attached hydrogens (tertiary/aromatic N) is 6. The number of amides is 2. The van der Waals surface area contributed by atoms with Crippen LogP contribution in [-0.2, 0) is 11.2 Å². The molecule has 5 aromatic rings. The van der Waals surface area contributed by atoms with Crippen LogP contribution in [0.25, 0.3) is 22.5 Å². The second-order valence-corrected chi connectivity index (χ2v) is 12.1. The quantitative estimate of drug-likeness (QED) is 0.210. The first kappa shape index (κ1) is 31.3. The van der Waals surface area contributed by atoms with Gasteiger partial charge in [-0.25, -0.2) is 14.5 Å². The van der Waals surface area contributed by atoms with Gasteiger partial charge >= 0.3 is 0 Å². The van der Waals surface area contributed by atoms with E-state index in [0.29, 0.717) is 47.2 Å². The Morgan fingerprint density at radius 3 is 2.49 bits per heavy atom. The van der Waals surface area contributed by atoms with Crippen LogP contribution in [0.3, 0.4) is 0 Å². The predicted octanol–water partition coefficient (Wildman–Crippen LogP) is 4.64. The molecule has 12 heteroatoms. The molecule has 2 amide bonds. The fraction of sp³-hybridized carbons (Fsp3) is 0.286. The second kappa shape index (κ2) is 13.0. The monoisotopic (exact) mass is 631 g/mol. The molecule has 1 fully saturated rings. The Morgan fingerprint density at radius 1 is 1.09 bits per heavy atom. The van der Waals surface area contributed by atoms with Crippen molar-refractivity contribution in [1.82, 2.24) is 29.0 Å². The third kappa shape index (κ3) is 6.01. The molecule has 4 aromatic heterocycles. The lowest BCUT2D eigenvalue weighted by atomic mass is 9.92. The third-order valence-electron chi connectivity index (χ3n) is 8.78. The zero-order chi connectivity index (χ0) is 33.2. The third-order valence-corrected chi connectivity index (χ3v) is 8.78. The van der Waals surface area contributed by atoms with Gasteiger partial charge in [0.05, 0.1) is 0 Å². The van der Waals surface area contributed by atoms with Gasteiger partial charge in [0, 0.05) is 60.2 Å². The van der Waals surface area contributed by atoms with Crippen LogP contribution in [0.1, 0.15) is 59.9 Å². The average molecular weight is 632 g/mol. The second-order valence-electron chi connectivity index (χ2n) is 12.1. The Bertz CT molecular complexity index is 2020. The summed E-state index contributed by atoms with van der Waals surface area (Å²) in [6.45, 7) is 7.01. The van der Waals surface area contributed by atoms with E-state index in [1.807, 2.05) is 35.4 Å². The maximum atomic E-state index is 13.5. The van der Waals surface area contributed by atoms with E-state index in [1.165, 1.54) is 17.1 Å². The van der Waals surface area contributed by atoms with E-state index in [1.54, 1.807) is 49.5 Å². The lowest BCUT2D eigenvalue weighted by molar-refractivity contribution is -0.135. The Morgan fingerprint density at radius 2 is 1.83 bits per heavy atom. The van der Waals surface area contributed by atoms with Crippen molar-refractivity contribution in [3.8, 4) is 16.9 Å². The van der Waals surface area contributed by atoms with Crippen molar-refractivity contribution in [3.05, 3.63) is 100.0 Å². The van der Waals surface area contributed by atoms with E-state index in [-0.39, 0.29) is 29.7 Å². The number of piperidine rings is 1. The number of nitrogen functional groups attached to an aromatic ring is 1. The number of pyridine rings is 2. The fourth-order valence-electron chi connectivity index (χ4n) is 6.29. The molecule has 0 atom stereocenters. The van der Waals surface area contributed by atoms with Crippen molar-refractivity contribution < 1.29 is 9.59 Å². The predicted molar refractivity (Wildman–Crippen MR) is 181 cm³/mol. The van der Waals surface area contributed by atoms with Gasteiger partial charge in [0.25, 0.3) is 11.5 Å². The van der Waals surface area contributed by atoms with E-state index in [9.17, 15) is 14.4 Å². The van der Waals surface area contributed by atoms with Crippen molar-refractivity contribution in [3.63, 3.8) is 0 Å². The molecule has 12 nitrogen and oxygen atoms in total. The molecule has 1 aromatic carbocycles.